The van der Waals surface area contributed by atoms with Gasteiger partial charge in [-0.05, 0) is 12.5 Å². The summed E-state index contributed by atoms with van der Waals surface area (Å²) in [6, 6.07) is 9.22. The van der Waals surface area contributed by atoms with Gasteiger partial charge in [0.25, 0.3) is 0 Å². The van der Waals surface area contributed by atoms with Crippen molar-refractivity contribution in [1.29, 1.82) is 0 Å². The van der Waals surface area contributed by atoms with Crippen molar-refractivity contribution >= 4 is 11.9 Å². The number of hydrogen-bond acceptors (Lipinski definition) is 4. The van der Waals surface area contributed by atoms with Gasteiger partial charge in [0.05, 0.1) is 0 Å². The van der Waals surface area contributed by atoms with E-state index in [4.69, 9.17) is 10.3 Å². The summed E-state index contributed by atoms with van der Waals surface area (Å²) >= 11 is 0. The summed E-state index contributed by atoms with van der Waals surface area (Å²) in [5.41, 5.74) is 2.57. The number of nitrogens with one attached hydrogen (secondary N) is 2. The van der Waals surface area contributed by atoms with E-state index < -0.39 is 12.0 Å². The molecular weight excluding hydrogens is 248 g/mol. The number of carbonyl (C=O) groups excluding carboxylic acids is 1. The Morgan fingerprint density at radius 3 is 2.21 bits per heavy atom. The van der Waals surface area contributed by atoms with Gasteiger partial charge in [0, 0.05) is 13.0 Å². The molecule has 1 rings (SSSR count). The van der Waals surface area contributed by atoms with E-state index in [0.717, 1.165) is 5.56 Å². The van der Waals surface area contributed by atoms with Gasteiger partial charge in [-0.3, -0.25) is 14.8 Å². The highest BCUT2D eigenvalue weighted by atomic mass is 16.5. The van der Waals surface area contributed by atoms with Crippen molar-refractivity contribution in [3.63, 3.8) is 0 Å². The third-order valence-electron chi connectivity index (χ3n) is 2.27. The number of carboxylic acids is 1. The van der Waals surface area contributed by atoms with E-state index in [0.29, 0.717) is 13.0 Å². The third-order valence-corrected chi connectivity index (χ3v) is 2.27. The summed E-state index contributed by atoms with van der Waals surface area (Å²) in [7, 11) is 0. The number of carbonyl (C=O) groups is 2. The maximum atomic E-state index is 10.5. The van der Waals surface area contributed by atoms with Gasteiger partial charge in [0.2, 0.25) is 5.91 Å². The number of carboxylic acid groups (broad SMARTS) is 1. The summed E-state index contributed by atoms with van der Waals surface area (Å²) in [4.78, 5) is 20.3. The van der Waals surface area contributed by atoms with Crippen LogP contribution in [0.25, 0.3) is 0 Å². The Hall–Kier alpha value is -1.92. The molecule has 0 saturated heterocycles. The molecule has 0 bridgehead atoms. The molecule has 0 saturated carbocycles. The van der Waals surface area contributed by atoms with Crippen molar-refractivity contribution in [3.8, 4) is 0 Å². The van der Waals surface area contributed by atoms with Crippen LogP contribution in [0.2, 0.25) is 0 Å². The highest BCUT2D eigenvalue weighted by molar-refractivity contribution is 5.74. The first-order chi connectivity index (χ1) is 9.01. The number of hydrogen-bond donors (Lipinski definition) is 4. The van der Waals surface area contributed by atoms with Crippen molar-refractivity contribution in [2.75, 3.05) is 0 Å². The molecule has 0 spiro atoms. The van der Waals surface area contributed by atoms with Crippen LogP contribution in [0.4, 0.5) is 0 Å². The van der Waals surface area contributed by atoms with Crippen LogP contribution in [-0.2, 0) is 16.1 Å². The standard InChI is InChI=1S/C10H13NO2.C3H7NO2/c1-8(10(12)13)11-7-9-5-3-2-4-6-9;1-2-3(5)4-6/h2-6,8,11H,7H2,1H3,(H,12,13);6H,2H2,1H3,(H,4,5). The highest BCUT2D eigenvalue weighted by Gasteiger charge is 2.08. The maximum Gasteiger partial charge on any atom is 0.320 e. The van der Waals surface area contributed by atoms with Gasteiger partial charge >= 0.3 is 5.97 Å². The summed E-state index contributed by atoms with van der Waals surface area (Å²) in [6.45, 7) is 3.88. The largest absolute Gasteiger partial charge is 0.480 e. The van der Waals surface area contributed by atoms with Crippen LogP contribution in [0.15, 0.2) is 30.3 Å². The zero-order chi connectivity index (χ0) is 14.7. The van der Waals surface area contributed by atoms with E-state index in [1.165, 1.54) is 5.48 Å². The quantitative estimate of drug-likeness (QED) is 0.474. The molecule has 0 fully saturated rings. The zero-order valence-electron chi connectivity index (χ0n) is 11.1. The van der Waals surface area contributed by atoms with Gasteiger partial charge < -0.3 is 10.4 Å². The first-order valence-electron chi connectivity index (χ1n) is 5.94. The Morgan fingerprint density at radius 2 is 1.84 bits per heavy atom. The van der Waals surface area contributed by atoms with Crippen molar-refractivity contribution in [1.82, 2.24) is 10.8 Å². The van der Waals surface area contributed by atoms with Crippen LogP contribution >= 0.6 is 0 Å². The van der Waals surface area contributed by atoms with Crippen molar-refractivity contribution in [2.45, 2.75) is 32.9 Å². The van der Waals surface area contributed by atoms with E-state index in [-0.39, 0.29) is 5.91 Å². The number of amides is 1. The minimum atomic E-state index is -0.823. The molecular formula is C13H20N2O4. The first kappa shape index (κ1) is 17.1. The molecule has 0 radical (unpaired) electrons. The number of benzene rings is 1. The van der Waals surface area contributed by atoms with Gasteiger partial charge in [-0.15, -0.1) is 0 Å². The number of hydroxylamine groups is 1. The SMILES string of the molecule is CC(NCc1ccccc1)C(=O)O.CCC(=O)NO. The predicted molar refractivity (Wildman–Crippen MR) is 70.6 cm³/mol. The molecule has 0 aromatic heterocycles. The van der Waals surface area contributed by atoms with Crippen molar-refractivity contribution in [2.24, 2.45) is 0 Å². The monoisotopic (exact) mass is 268 g/mol. The summed E-state index contributed by atoms with van der Waals surface area (Å²) in [5, 5.41) is 19.2. The van der Waals surface area contributed by atoms with Gasteiger partial charge in [0.15, 0.2) is 0 Å². The highest BCUT2D eigenvalue weighted by Crippen LogP contribution is 1.97. The summed E-state index contributed by atoms with van der Waals surface area (Å²) < 4.78 is 0. The first-order valence-corrected chi connectivity index (χ1v) is 5.94. The molecule has 1 aromatic rings. The second-order valence-electron chi connectivity index (χ2n) is 3.81. The Bertz CT molecular complexity index is 375. The predicted octanol–water partition coefficient (Wildman–Crippen LogP) is 1.15. The average Bonchev–Trinajstić information content (AvgIpc) is 2.45. The van der Waals surface area contributed by atoms with Gasteiger partial charge in [-0.2, -0.15) is 0 Å². The fraction of sp³-hybridized carbons (Fsp3) is 0.385. The van der Waals surface area contributed by atoms with E-state index in [9.17, 15) is 9.59 Å². The Balaban J connectivity index is 0.000000459. The topological polar surface area (TPSA) is 98.7 Å². The smallest absolute Gasteiger partial charge is 0.320 e. The Kier molecular flexibility index (Phi) is 9.03. The van der Waals surface area contributed by atoms with Crippen LogP contribution in [0, 0.1) is 0 Å². The van der Waals surface area contributed by atoms with E-state index in [1.807, 2.05) is 30.3 Å². The normalized spacial score (nSPS) is 10.9. The summed E-state index contributed by atoms with van der Waals surface area (Å²) in [5.74, 6) is -1.18. The second kappa shape index (κ2) is 10.0. The molecule has 6 heteroatoms. The minimum absolute atomic E-state index is 0.330. The minimum Gasteiger partial charge on any atom is -0.480 e. The Labute approximate surface area is 112 Å². The van der Waals surface area contributed by atoms with E-state index >= 15 is 0 Å². The van der Waals surface area contributed by atoms with Gasteiger partial charge in [-0.1, -0.05) is 37.3 Å². The third kappa shape index (κ3) is 8.76. The molecule has 4 N–H and O–H groups in total. The number of rotatable bonds is 5. The molecule has 1 aromatic carbocycles. The lowest BCUT2D eigenvalue weighted by molar-refractivity contribution is -0.139. The van der Waals surface area contributed by atoms with E-state index in [1.54, 1.807) is 13.8 Å². The molecule has 0 aliphatic rings. The molecule has 6 nitrogen and oxygen atoms in total. The van der Waals surface area contributed by atoms with Gasteiger partial charge in [0.1, 0.15) is 6.04 Å². The average molecular weight is 268 g/mol. The van der Waals surface area contributed by atoms with E-state index in [2.05, 4.69) is 5.32 Å². The molecule has 1 amide bonds. The van der Waals surface area contributed by atoms with Crippen LogP contribution in [-0.4, -0.2) is 28.2 Å². The zero-order valence-corrected chi connectivity index (χ0v) is 11.1. The maximum absolute atomic E-state index is 10.5. The van der Waals surface area contributed by atoms with Crippen LogP contribution in [0.5, 0.6) is 0 Å². The van der Waals surface area contributed by atoms with Crippen LogP contribution in [0.1, 0.15) is 25.8 Å². The fourth-order valence-corrected chi connectivity index (χ4v) is 1.03. The lowest BCUT2D eigenvalue weighted by Gasteiger charge is -2.08. The van der Waals surface area contributed by atoms with Crippen molar-refractivity contribution < 1.29 is 19.9 Å². The molecule has 106 valence electrons. The second-order valence-corrected chi connectivity index (χ2v) is 3.81. The van der Waals surface area contributed by atoms with Gasteiger partial charge in [-0.25, -0.2) is 5.48 Å². The molecule has 0 aliphatic heterocycles. The molecule has 0 heterocycles. The number of aliphatic carboxylic acids is 1. The lowest BCUT2D eigenvalue weighted by Crippen LogP contribution is -2.33. The molecule has 0 aliphatic carbocycles. The Morgan fingerprint density at radius 1 is 1.26 bits per heavy atom. The molecule has 1 unspecified atom stereocenters. The van der Waals surface area contributed by atoms with Crippen LogP contribution < -0.4 is 10.8 Å². The summed E-state index contributed by atoms with van der Waals surface area (Å²) in [6.07, 6.45) is 0.330. The molecule has 1 atom stereocenters. The fourth-order valence-electron chi connectivity index (χ4n) is 1.03. The van der Waals surface area contributed by atoms with Crippen LogP contribution in [0.3, 0.4) is 0 Å². The van der Waals surface area contributed by atoms with Crippen molar-refractivity contribution in [3.05, 3.63) is 35.9 Å². The lowest BCUT2D eigenvalue weighted by atomic mass is 10.2. The molecule has 19 heavy (non-hydrogen) atoms.